The zero-order chi connectivity index (χ0) is 14.8. The van der Waals surface area contributed by atoms with Crippen LogP contribution in [0.4, 0.5) is 0 Å². The Kier molecular flexibility index (Phi) is 3.91. The zero-order valence-corrected chi connectivity index (χ0v) is 11.4. The Bertz CT molecular complexity index is 716. The predicted octanol–water partition coefficient (Wildman–Crippen LogP) is 0.348. The van der Waals surface area contributed by atoms with E-state index in [1.165, 1.54) is 0 Å². The number of aryl methyl sites for hydroxylation is 1. The van der Waals surface area contributed by atoms with Gasteiger partial charge < -0.3 is 9.52 Å². The molecule has 0 spiro atoms. The predicted molar refractivity (Wildman–Crippen MR) is 67.3 cm³/mol. The van der Waals surface area contributed by atoms with Crippen LogP contribution in [0.2, 0.25) is 0 Å². The lowest BCUT2D eigenvalue weighted by Gasteiger charge is -2.02. The van der Waals surface area contributed by atoms with E-state index in [9.17, 15) is 13.2 Å². The molecule has 0 amide bonds. The summed E-state index contributed by atoms with van der Waals surface area (Å²) >= 11 is 0. The number of carbonyl (C=O) groups is 1. The van der Waals surface area contributed by atoms with Crippen LogP contribution >= 0.6 is 0 Å². The number of rotatable bonds is 6. The molecule has 0 atom stereocenters. The summed E-state index contributed by atoms with van der Waals surface area (Å²) in [5.74, 6) is 0.0774. The van der Waals surface area contributed by atoms with Gasteiger partial charge in [-0.25, -0.2) is 13.1 Å². The fourth-order valence-electron chi connectivity index (χ4n) is 1.54. The van der Waals surface area contributed by atoms with Crippen molar-refractivity contribution in [2.75, 3.05) is 0 Å². The fraction of sp³-hybridized carbons (Fsp3) is 0.273. The smallest absolute Gasteiger partial charge is 0.325 e. The summed E-state index contributed by atoms with van der Waals surface area (Å²) in [5.41, 5.74) is 0. The molecular weight excluding hydrogens is 286 g/mol. The van der Waals surface area contributed by atoms with E-state index in [1.54, 1.807) is 19.1 Å². The van der Waals surface area contributed by atoms with Crippen molar-refractivity contribution in [2.24, 2.45) is 0 Å². The van der Waals surface area contributed by atoms with Gasteiger partial charge in [-0.2, -0.15) is 5.10 Å². The van der Waals surface area contributed by atoms with E-state index in [2.05, 4.69) is 9.82 Å². The summed E-state index contributed by atoms with van der Waals surface area (Å²) in [6.45, 7) is 1.38. The molecule has 2 N–H and O–H groups in total. The zero-order valence-electron chi connectivity index (χ0n) is 10.6. The number of nitrogens with zero attached hydrogens (tertiary/aromatic N) is 2. The van der Waals surface area contributed by atoms with E-state index in [0.29, 0.717) is 11.5 Å². The summed E-state index contributed by atoms with van der Waals surface area (Å²) < 4.78 is 32.5. The molecule has 2 heterocycles. The quantitative estimate of drug-likeness (QED) is 0.795. The summed E-state index contributed by atoms with van der Waals surface area (Å²) in [4.78, 5) is 10.4. The molecule has 2 aromatic heterocycles. The van der Waals surface area contributed by atoms with Crippen LogP contribution in [0, 0.1) is 6.92 Å². The van der Waals surface area contributed by atoms with E-state index in [-0.39, 0.29) is 11.4 Å². The Morgan fingerprint density at radius 2 is 2.25 bits per heavy atom. The summed E-state index contributed by atoms with van der Waals surface area (Å²) in [7, 11) is -3.75. The van der Waals surface area contributed by atoms with Gasteiger partial charge in [0, 0.05) is 6.20 Å². The molecule has 108 valence electrons. The molecule has 0 bridgehead atoms. The highest BCUT2D eigenvalue weighted by molar-refractivity contribution is 7.89. The van der Waals surface area contributed by atoms with Crippen LogP contribution in [0.5, 0.6) is 0 Å². The van der Waals surface area contributed by atoms with Gasteiger partial charge in [0.15, 0.2) is 0 Å². The average Bonchev–Trinajstić information content (AvgIpc) is 2.95. The largest absolute Gasteiger partial charge is 0.480 e. The first kappa shape index (κ1) is 14.3. The minimum atomic E-state index is -3.75. The van der Waals surface area contributed by atoms with Crippen LogP contribution in [0.25, 0.3) is 0 Å². The van der Waals surface area contributed by atoms with Gasteiger partial charge in [0.25, 0.3) is 0 Å². The first-order chi connectivity index (χ1) is 9.37. The molecule has 0 aliphatic rings. The standard InChI is InChI=1S/C11H13N3O5S/c1-8-2-3-9(19-8)4-13-20(17,18)10-5-12-14(6-10)7-11(15)16/h2-3,5-6,13H,4,7H2,1H3,(H,15,16). The molecule has 9 heteroatoms. The van der Waals surface area contributed by atoms with Crippen LogP contribution in [0.3, 0.4) is 0 Å². The Balaban J connectivity index is 2.06. The van der Waals surface area contributed by atoms with Crippen molar-refractivity contribution in [3.8, 4) is 0 Å². The van der Waals surface area contributed by atoms with E-state index in [1.807, 2.05) is 0 Å². The van der Waals surface area contributed by atoms with Gasteiger partial charge in [-0.15, -0.1) is 0 Å². The third-order valence-corrected chi connectivity index (χ3v) is 3.81. The maximum atomic E-state index is 12.0. The number of carboxylic acid groups (broad SMARTS) is 1. The lowest BCUT2D eigenvalue weighted by Crippen LogP contribution is -2.22. The van der Waals surface area contributed by atoms with Crippen LogP contribution in [-0.2, 0) is 27.9 Å². The average molecular weight is 299 g/mol. The van der Waals surface area contributed by atoms with Crippen molar-refractivity contribution in [3.63, 3.8) is 0 Å². The maximum Gasteiger partial charge on any atom is 0.325 e. The second-order valence-corrected chi connectivity index (χ2v) is 5.87. The number of sulfonamides is 1. The van der Waals surface area contributed by atoms with Gasteiger partial charge in [-0.1, -0.05) is 0 Å². The number of nitrogens with one attached hydrogen (secondary N) is 1. The molecule has 8 nitrogen and oxygen atoms in total. The molecule has 0 fully saturated rings. The maximum absolute atomic E-state index is 12.0. The number of aliphatic carboxylic acids is 1. The van der Waals surface area contributed by atoms with E-state index >= 15 is 0 Å². The third-order valence-electron chi connectivity index (χ3n) is 2.45. The number of carboxylic acids is 1. The molecule has 20 heavy (non-hydrogen) atoms. The van der Waals surface area contributed by atoms with Crippen LogP contribution in [0.15, 0.2) is 33.8 Å². The van der Waals surface area contributed by atoms with Crippen LogP contribution in [-0.4, -0.2) is 29.3 Å². The second kappa shape index (κ2) is 5.47. The van der Waals surface area contributed by atoms with Gasteiger partial charge in [0.05, 0.1) is 12.7 Å². The van der Waals surface area contributed by atoms with Crippen molar-refractivity contribution < 1.29 is 22.7 Å². The Hall–Kier alpha value is -2.13. The topological polar surface area (TPSA) is 114 Å². The summed E-state index contributed by atoms with van der Waals surface area (Å²) in [6, 6.07) is 3.40. The molecule has 0 saturated heterocycles. The molecule has 0 aliphatic carbocycles. The minimum absolute atomic E-state index is 0.0142. The Labute approximate surface area is 115 Å². The highest BCUT2D eigenvalue weighted by Crippen LogP contribution is 2.10. The molecule has 0 aromatic carbocycles. The lowest BCUT2D eigenvalue weighted by molar-refractivity contribution is -0.137. The lowest BCUT2D eigenvalue weighted by atomic mass is 10.4. The van der Waals surface area contributed by atoms with Crippen LogP contribution < -0.4 is 4.72 Å². The highest BCUT2D eigenvalue weighted by Gasteiger charge is 2.17. The van der Waals surface area contributed by atoms with E-state index in [4.69, 9.17) is 9.52 Å². The number of hydrogen-bond acceptors (Lipinski definition) is 5. The molecule has 0 radical (unpaired) electrons. The molecule has 0 aliphatic heterocycles. The normalized spacial score (nSPS) is 11.7. The number of furan rings is 1. The van der Waals surface area contributed by atoms with Crippen molar-refractivity contribution in [2.45, 2.75) is 24.9 Å². The fourth-order valence-corrected chi connectivity index (χ4v) is 2.48. The SMILES string of the molecule is Cc1ccc(CNS(=O)(=O)c2cnn(CC(=O)O)c2)o1. The highest BCUT2D eigenvalue weighted by atomic mass is 32.2. The van der Waals surface area contributed by atoms with Gasteiger partial charge in [-0.3, -0.25) is 9.48 Å². The first-order valence-corrected chi connectivity index (χ1v) is 7.14. The number of aromatic nitrogens is 2. The van der Waals surface area contributed by atoms with Gasteiger partial charge >= 0.3 is 5.97 Å². The number of hydrogen-bond donors (Lipinski definition) is 2. The Morgan fingerprint density at radius 1 is 1.50 bits per heavy atom. The molecule has 2 aromatic rings. The summed E-state index contributed by atoms with van der Waals surface area (Å²) in [5, 5.41) is 12.3. The third kappa shape index (κ3) is 3.45. The molecule has 0 saturated carbocycles. The first-order valence-electron chi connectivity index (χ1n) is 5.66. The monoisotopic (exact) mass is 299 g/mol. The molecular formula is C11H13N3O5S. The summed E-state index contributed by atoms with van der Waals surface area (Å²) in [6.07, 6.45) is 2.25. The second-order valence-electron chi connectivity index (χ2n) is 4.10. The van der Waals surface area contributed by atoms with Gasteiger partial charge in [0.2, 0.25) is 10.0 Å². The van der Waals surface area contributed by atoms with Crippen molar-refractivity contribution >= 4 is 16.0 Å². The molecule has 0 unspecified atom stereocenters. The van der Waals surface area contributed by atoms with Crippen molar-refractivity contribution in [1.29, 1.82) is 0 Å². The molecule has 2 rings (SSSR count). The van der Waals surface area contributed by atoms with E-state index in [0.717, 1.165) is 17.1 Å². The van der Waals surface area contributed by atoms with Gasteiger partial charge in [-0.05, 0) is 19.1 Å². The van der Waals surface area contributed by atoms with Crippen LogP contribution in [0.1, 0.15) is 11.5 Å². The Morgan fingerprint density at radius 3 is 2.85 bits per heavy atom. The van der Waals surface area contributed by atoms with Crippen molar-refractivity contribution in [3.05, 3.63) is 36.0 Å². The minimum Gasteiger partial charge on any atom is -0.480 e. The van der Waals surface area contributed by atoms with E-state index < -0.39 is 22.5 Å². The van der Waals surface area contributed by atoms with Gasteiger partial charge in [0.1, 0.15) is 23.0 Å². The van der Waals surface area contributed by atoms with Crippen molar-refractivity contribution in [1.82, 2.24) is 14.5 Å².